The molecule has 0 aliphatic carbocycles. The normalized spacial score (nSPS) is 11.3. The van der Waals surface area contributed by atoms with Crippen LogP contribution in [-0.4, -0.2) is 20.9 Å². The van der Waals surface area contributed by atoms with Gasteiger partial charge in [0.1, 0.15) is 0 Å². The third-order valence-electron chi connectivity index (χ3n) is 2.97. The average Bonchev–Trinajstić information content (AvgIpc) is 3.03. The predicted molar refractivity (Wildman–Crippen MR) is 86.7 cm³/mol. The predicted octanol–water partition coefficient (Wildman–Crippen LogP) is 3.09. The number of anilines is 1. The van der Waals surface area contributed by atoms with Crippen molar-refractivity contribution < 1.29 is 0 Å². The van der Waals surface area contributed by atoms with Gasteiger partial charge in [0, 0.05) is 10.9 Å². The summed E-state index contributed by atoms with van der Waals surface area (Å²) in [5.74, 6) is 0.384. The van der Waals surface area contributed by atoms with Gasteiger partial charge < -0.3 is 5.73 Å². The minimum atomic E-state index is 0.384. The molecular formula is C15H15N5S. The smallest absolute Gasteiger partial charge is 0.221 e. The number of aryl methyl sites for hydroxylation is 2. The van der Waals surface area contributed by atoms with E-state index in [1.165, 1.54) is 0 Å². The van der Waals surface area contributed by atoms with Crippen LogP contribution < -0.4 is 5.73 Å². The molecule has 0 atom stereocenters. The minimum absolute atomic E-state index is 0.384. The Morgan fingerprint density at radius 3 is 2.81 bits per heavy atom. The van der Waals surface area contributed by atoms with E-state index in [-0.39, 0.29) is 0 Å². The molecule has 2 N–H and O–H groups in total. The van der Waals surface area contributed by atoms with Crippen molar-refractivity contribution in [1.29, 1.82) is 0 Å². The molecular weight excluding hydrogens is 282 g/mol. The number of imidazole rings is 1. The maximum atomic E-state index is 5.76. The lowest BCUT2D eigenvalue weighted by atomic mass is 10.1. The maximum Gasteiger partial charge on any atom is 0.221 e. The Labute approximate surface area is 126 Å². The Bertz CT molecular complexity index is 800. The lowest BCUT2D eigenvalue weighted by molar-refractivity contribution is 0.897. The largest absolute Gasteiger partial charge is 0.368 e. The Kier molecular flexibility index (Phi) is 3.53. The van der Waals surface area contributed by atoms with E-state index in [4.69, 9.17) is 5.73 Å². The van der Waals surface area contributed by atoms with Crippen LogP contribution in [0.5, 0.6) is 0 Å². The molecule has 106 valence electrons. The van der Waals surface area contributed by atoms with Gasteiger partial charge in [0.25, 0.3) is 0 Å². The van der Waals surface area contributed by atoms with E-state index in [1.807, 2.05) is 32.0 Å². The number of aromatic nitrogens is 3. The molecule has 0 bridgehead atoms. The average molecular weight is 297 g/mol. The van der Waals surface area contributed by atoms with Crippen LogP contribution >= 0.6 is 11.3 Å². The molecule has 5 nitrogen and oxygen atoms in total. The summed E-state index contributed by atoms with van der Waals surface area (Å²) in [6.07, 6.45) is 3.56. The summed E-state index contributed by atoms with van der Waals surface area (Å²) < 4.78 is 1.56. The van der Waals surface area contributed by atoms with Gasteiger partial charge >= 0.3 is 0 Å². The summed E-state index contributed by atoms with van der Waals surface area (Å²) in [5.41, 5.74) is 9.67. The van der Waals surface area contributed by atoms with Crippen molar-refractivity contribution in [3.63, 3.8) is 0 Å². The molecule has 3 rings (SSSR count). The van der Waals surface area contributed by atoms with Crippen LogP contribution in [0.3, 0.4) is 0 Å². The first-order chi connectivity index (χ1) is 10.1. The fraction of sp³-hybridized carbons (Fsp3) is 0.133. The fourth-order valence-electron chi connectivity index (χ4n) is 2.00. The molecule has 0 aliphatic rings. The van der Waals surface area contributed by atoms with Crippen molar-refractivity contribution in [3.8, 4) is 11.3 Å². The lowest BCUT2D eigenvalue weighted by Gasteiger charge is -1.99. The topological polar surface area (TPSA) is 69.1 Å². The zero-order valence-corrected chi connectivity index (χ0v) is 12.6. The Morgan fingerprint density at radius 2 is 2.14 bits per heavy atom. The van der Waals surface area contributed by atoms with Crippen LogP contribution in [0.2, 0.25) is 0 Å². The quantitative estimate of drug-likeness (QED) is 0.755. The fourth-order valence-corrected chi connectivity index (χ4v) is 2.62. The molecule has 2 aromatic heterocycles. The van der Waals surface area contributed by atoms with E-state index < -0.39 is 0 Å². The second-order valence-electron chi connectivity index (χ2n) is 4.71. The highest BCUT2D eigenvalue weighted by Crippen LogP contribution is 2.22. The van der Waals surface area contributed by atoms with Crippen LogP contribution in [0.25, 0.3) is 11.3 Å². The summed E-state index contributed by atoms with van der Waals surface area (Å²) in [4.78, 5) is 8.61. The number of hydrogen-bond donors (Lipinski definition) is 1. The molecule has 3 aromatic rings. The monoisotopic (exact) mass is 297 g/mol. The summed E-state index contributed by atoms with van der Waals surface area (Å²) in [5, 5.41) is 7.44. The van der Waals surface area contributed by atoms with Crippen LogP contribution in [0, 0.1) is 13.8 Å². The second kappa shape index (κ2) is 5.49. The van der Waals surface area contributed by atoms with Crippen LogP contribution in [0.15, 0.2) is 40.9 Å². The van der Waals surface area contributed by atoms with Gasteiger partial charge in [-0.1, -0.05) is 18.2 Å². The first kappa shape index (κ1) is 13.5. The molecule has 6 heteroatoms. The first-order valence-electron chi connectivity index (χ1n) is 6.50. The molecule has 0 saturated heterocycles. The maximum absolute atomic E-state index is 5.76. The van der Waals surface area contributed by atoms with E-state index in [0.29, 0.717) is 5.95 Å². The molecule has 0 aliphatic heterocycles. The number of hydrogen-bond acceptors (Lipinski definition) is 5. The van der Waals surface area contributed by atoms with E-state index >= 15 is 0 Å². The van der Waals surface area contributed by atoms with Gasteiger partial charge in [-0.25, -0.2) is 14.6 Å². The first-order valence-corrected chi connectivity index (χ1v) is 7.38. The van der Waals surface area contributed by atoms with Gasteiger partial charge in [-0.05, 0) is 25.5 Å². The number of rotatable bonds is 3. The summed E-state index contributed by atoms with van der Waals surface area (Å²) in [7, 11) is 0. The van der Waals surface area contributed by atoms with Crippen molar-refractivity contribution in [2.45, 2.75) is 13.8 Å². The van der Waals surface area contributed by atoms with Gasteiger partial charge in [-0.2, -0.15) is 5.10 Å². The molecule has 0 amide bonds. The molecule has 0 unspecified atom stereocenters. The van der Waals surface area contributed by atoms with Gasteiger partial charge in [-0.3, -0.25) is 0 Å². The molecule has 1 aromatic carbocycles. The third-order valence-corrected chi connectivity index (χ3v) is 3.74. The third kappa shape index (κ3) is 3.00. The van der Waals surface area contributed by atoms with E-state index in [1.54, 1.807) is 28.4 Å². The highest BCUT2D eigenvalue weighted by molar-refractivity contribution is 7.09. The number of nitrogens with zero attached hydrogens (tertiary/aromatic N) is 4. The lowest BCUT2D eigenvalue weighted by Crippen LogP contribution is -1.97. The summed E-state index contributed by atoms with van der Waals surface area (Å²) >= 11 is 1.65. The van der Waals surface area contributed by atoms with E-state index in [0.717, 1.165) is 27.5 Å². The van der Waals surface area contributed by atoms with Crippen molar-refractivity contribution in [1.82, 2.24) is 14.6 Å². The van der Waals surface area contributed by atoms with Gasteiger partial charge in [0.2, 0.25) is 5.95 Å². The Balaban J connectivity index is 1.88. The van der Waals surface area contributed by atoms with Crippen molar-refractivity contribution in [3.05, 3.63) is 52.1 Å². The van der Waals surface area contributed by atoms with Crippen LogP contribution in [0.4, 0.5) is 5.95 Å². The van der Waals surface area contributed by atoms with E-state index in [2.05, 4.69) is 26.5 Å². The van der Waals surface area contributed by atoms with Crippen LogP contribution in [0.1, 0.15) is 16.3 Å². The summed E-state index contributed by atoms with van der Waals surface area (Å²) in [6.45, 7) is 3.89. The Hall–Kier alpha value is -2.47. The minimum Gasteiger partial charge on any atom is -0.368 e. The van der Waals surface area contributed by atoms with E-state index in [9.17, 15) is 0 Å². The van der Waals surface area contributed by atoms with Gasteiger partial charge in [0.05, 0.1) is 28.8 Å². The number of benzene rings is 1. The molecule has 0 spiro atoms. The van der Waals surface area contributed by atoms with Crippen LogP contribution in [-0.2, 0) is 0 Å². The second-order valence-corrected chi connectivity index (χ2v) is 5.77. The molecule has 0 fully saturated rings. The van der Waals surface area contributed by atoms with Crippen molar-refractivity contribution >= 4 is 23.5 Å². The highest BCUT2D eigenvalue weighted by atomic mass is 32.1. The molecule has 2 heterocycles. The van der Waals surface area contributed by atoms with Crippen molar-refractivity contribution in [2.24, 2.45) is 5.10 Å². The van der Waals surface area contributed by atoms with Gasteiger partial charge in [-0.15, -0.1) is 11.3 Å². The number of nitrogen functional groups attached to an aromatic ring is 1. The molecule has 0 radical (unpaired) electrons. The standard InChI is InChI=1S/C15H15N5S/c1-10-8-20(15(16)18-10)17-7-12-4-3-5-13(6-12)14-9-21-11(2)19-14/h3-9H,1-2H3,(H2,16,18). The SMILES string of the molecule is Cc1cn(N=Cc2cccc(-c3csc(C)n3)c2)c(N)n1. The van der Waals surface area contributed by atoms with Gasteiger partial charge in [0.15, 0.2) is 0 Å². The Morgan fingerprint density at radius 1 is 1.29 bits per heavy atom. The van der Waals surface area contributed by atoms with Crippen molar-refractivity contribution in [2.75, 3.05) is 5.73 Å². The summed E-state index contributed by atoms with van der Waals surface area (Å²) in [6, 6.07) is 8.08. The highest BCUT2D eigenvalue weighted by Gasteiger charge is 2.03. The zero-order chi connectivity index (χ0) is 14.8. The zero-order valence-electron chi connectivity index (χ0n) is 11.8. The number of thiazole rings is 1. The molecule has 0 saturated carbocycles. The number of nitrogens with two attached hydrogens (primary N) is 1. The molecule has 21 heavy (non-hydrogen) atoms.